The Hall–Kier alpha value is -3.58. The zero-order valence-corrected chi connectivity index (χ0v) is 22.5. The number of fused-ring (bicyclic) bond motifs is 2. The molecule has 0 amide bonds. The minimum Gasteiger partial charge on any atom is -0.493 e. The van der Waals surface area contributed by atoms with Crippen molar-refractivity contribution >= 4 is 5.97 Å². The van der Waals surface area contributed by atoms with Crippen molar-refractivity contribution in [3.63, 3.8) is 0 Å². The lowest BCUT2D eigenvalue weighted by Crippen LogP contribution is -2.44. The first-order valence-electron chi connectivity index (χ1n) is 13.5. The number of aliphatic carboxylic acids is 1. The third kappa shape index (κ3) is 4.84. The Morgan fingerprint density at radius 1 is 1.10 bits per heavy atom. The summed E-state index contributed by atoms with van der Waals surface area (Å²) in [4.78, 5) is 11.2. The van der Waals surface area contributed by atoms with Crippen molar-refractivity contribution in [2.75, 3.05) is 26.4 Å². The van der Waals surface area contributed by atoms with Crippen molar-refractivity contribution in [1.82, 2.24) is 0 Å². The van der Waals surface area contributed by atoms with Crippen LogP contribution in [-0.4, -0.2) is 37.5 Å². The van der Waals surface area contributed by atoms with Crippen LogP contribution in [0.3, 0.4) is 0 Å². The summed E-state index contributed by atoms with van der Waals surface area (Å²) in [6, 6.07) is 13.0. The van der Waals surface area contributed by atoms with Crippen molar-refractivity contribution < 1.29 is 33.2 Å². The molecule has 2 heterocycles. The summed E-state index contributed by atoms with van der Waals surface area (Å²) in [6.45, 7) is 8.70. The second-order valence-corrected chi connectivity index (χ2v) is 11.5. The maximum Gasteiger partial charge on any atom is 0.304 e. The number of halogens is 1. The predicted molar refractivity (Wildman–Crippen MR) is 144 cm³/mol. The smallest absolute Gasteiger partial charge is 0.304 e. The number of hydrogen-bond acceptors (Lipinski definition) is 5. The number of carboxylic acid groups (broad SMARTS) is 1. The Morgan fingerprint density at radius 3 is 2.56 bits per heavy atom. The Kier molecular flexibility index (Phi) is 6.50. The van der Waals surface area contributed by atoms with Crippen molar-refractivity contribution in [3.8, 4) is 28.4 Å². The molecule has 3 aliphatic rings. The zero-order valence-electron chi connectivity index (χ0n) is 22.5. The highest BCUT2D eigenvalue weighted by molar-refractivity contribution is 5.76. The van der Waals surface area contributed by atoms with Crippen LogP contribution < -0.4 is 14.2 Å². The number of rotatable bonds is 8. The maximum absolute atomic E-state index is 15.3. The second kappa shape index (κ2) is 9.87. The molecule has 0 spiro atoms. The second-order valence-electron chi connectivity index (χ2n) is 11.5. The van der Waals surface area contributed by atoms with Crippen LogP contribution in [0.15, 0.2) is 42.5 Å². The molecule has 0 bridgehead atoms. The van der Waals surface area contributed by atoms with Gasteiger partial charge in [0.15, 0.2) is 0 Å². The first-order valence-corrected chi connectivity index (χ1v) is 13.5. The van der Waals surface area contributed by atoms with E-state index in [0.29, 0.717) is 43.1 Å². The summed E-state index contributed by atoms with van der Waals surface area (Å²) in [6.07, 6.45) is 0.994. The van der Waals surface area contributed by atoms with Crippen molar-refractivity contribution in [2.45, 2.75) is 52.1 Å². The summed E-state index contributed by atoms with van der Waals surface area (Å²) in [5.41, 5.74) is 6.85. The largest absolute Gasteiger partial charge is 0.493 e. The topological polar surface area (TPSA) is 74.2 Å². The molecule has 3 aromatic rings. The molecule has 1 saturated heterocycles. The fourth-order valence-electron chi connectivity index (χ4n) is 6.12. The highest BCUT2D eigenvalue weighted by atomic mass is 19.1. The van der Waals surface area contributed by atoms with Gasteiger partial charge in [0.25, 0.3) is 0 Å². The minimum atomic E-state index is -0.851. The van der Waals surface area contributed by atoms with E-state index in [1.807, 2.05) is 18.2 Å². The molecule has 0 saturated carbocycles. The fraction of sp³-hybridized carbons (Fsp3) is 0.406. The van der Waals surface area contributed by atoms with E-state index in [1.165, 1.54) is 0 Å². The molecule has 2 aliphatic heterocycles. The van der Waals surface area contributed by atoms with Gasteiger partial charge in [0.1, 0.15) is 29.2 Å². The van der Waals surface area contributed by atoms with Gasteiger partial charge in [-0.05, 0) is 78.8 Å². The molecule has 0 aromatic heterocycles. The van der Waals surface area contributed by atoms with Crippen LogP contribution in [0.4, 0.5) is 4.39 Å². The molecule has 6 nitrogen and oxygen atoms in total. The average Bonchev–Trinajstić information content (AvgIpc) is 3.47. The van der Waals surface area contributed by atoms with Crippen LogP contribution in [0.1, 0.15) is 59.6 Å². The Bertz CT molecular complexity index is 1420. The first-order chi connectivity index (χ1) is 18.7. The summed E-state index contributed by atoms with van der Waals surface area (Å²) < 4.78 is 38.8. The number of hydrogen-bond donors (Lipinski definition) is 1. The number of benzene rings is 3. The number of ether oxygens (including phenoxy) is 4. The van der Waals surface area contributed by atoms with E-state index < -0.39 is 12.1 Å². The van der Waals surface area contributed by atoms with Gasteiger partial charge in [-0.3, -0.25) is 4.79 Å². The van der Waals surface area contributed by atoms with E-state index >= 15 is 4.39 Å². The predicted octanol–water partition coefficient (Wildman–Crippen LogP) is 6.54. The minimum absolute atomic E-state index is 0.0253. The van der Waals surface area contributed by atoms with E-state index in [0.717, 1.165) is 52.3 Å². The monoisotopic (exact) mass is 532 g/mol. The molecular formula is C32H33FO6. The van der Waals surface area contributed by atoms with Gasteiger partial charge in [0, 0.05) is 28.5 Å². The summed E-state index contributed by atoms with van der Waals surface area (Å²) in [5, 5.41) is 9.15. The molecule has 1 unspecified atom stereocenters. The van der Waals surface area contributed by atoms with E-state index in [9.17, 15) is 4.79 Å². The summed E-state index contributed by atoms with van der Waals surface area (Å²) in [5.74, 6) is 0.784. The van der Waals surface area contributed by atoms with Crippen molar-refractivity contribution in [2.24, 2.45) is 5.41 Å². The van der Waals surface area contributed by atoms with Gasteiger partial charge in [0.05, 0.1) is 32.8 Å². The van der Waals surface area contributed by atoms with Crippen LogP contribution >= 0.6 is 0 Å². The van der Waals surface area contributed by atoms with E-state index in [4.69, 9.17) is 24.1 Å². The molecule has 204 valence electrons. The molecule has 1 N–H and O–H groups in total. The SMILES string of the molecule is Cc1cc(OCC2(C)COC2)cc(C)c1-c1ccc(F)c2c1CC[C@H]2Oc1ccc2c(c1)OCC2CC(=O)O. The number of carboxylic acids is 1. The molecule has 39 heavy (non-hydrogen) atoms. The highest BCUT2D eigenvalue weighted by Crippen LogP contribution is 2.45. The Labute approximate surface area is 227 Å². The van der Waals surface area contributed by atoms with Gasteiger partial charge in [-0.1, -0.05) is 19.1 Å². The third-order valence-corrected chi connectivity index (χ3v) is 8.11. The summed E-state index contributed by atoms with van der Waals surface area (Å²) in [7, 11) is 0. The van der Waals surface area contributed by atoms with Gasteiger partial charge < -0.3 is 24.1 Å². The fourth-order valence-corrected chi connectivity index (χ4v) is 6.12. The molecule has 6 rings (SSSR count). The van der Waals surface area contributed by atoms with E-state index in [1.54, 1.807) is 12.1 Å². The van der Waals surface area contributed by atoms with Gasteiger partial charge >= 0.3 is 5.97 Å². The normalized spacial score (nSPS) is 20.5. The van der Waals surface area contributed by atoms with E-state index in [2.05, 4.69) is 32.9 Å². The quantitative estimate of drug-likeness (QED) is 0.355. The highest BCUT2D eigenvalue weighted by Gasteiger charge is 2.35. The van der Waals surface area contributed by atoms with Gasteiger partial charge in [-0.15, -0.1) is 0 Å². The van der Waals surface area contributed by atoms with Crippen LogP contribution in [0, 0.1) is 25.1 Å². The molecule has 2 atom stereocenters. The lowest BCUT2D eigenvalue weighted by molar-refractivity contribution is -0.137. The van der Waals surface area contributed by atoms with Crippen LogP contribution in [0.5, 0.6) is 17.2 Å². The zero-order chi connectivity index (χ0) is 27.3. The molecular weight excluding hydrogens is 499 g/mol. The molecule has 1 fully saturated rings. The van der Waals surface area contributed by atoms with Crippen molar-refractivity contribution in [3.05, 3.63) is 76.1 Å². The number of carbonyl (C=O) groups is 1. The maximum atomic E-state index is 15.3. The lowest BCUT2D eigenvalue weighted by Gasteiger charge is -2.37. The third-order valence-electron chi connectivity index (χ3n) is 8.11. The van der Waals surface area contributed by atoms with Crippen molar-refractivity contribution in [1.29, 1.82) is 0 Å². The molecule has 7 heteroatoms. The summed E-state index contributed by atoms with van der Waals surface area (Å²) >= 11 is 0. The first kappa shape index (κ1) is 25.7. The molecule has 1 aliphatic carbocycles. The molecule has 0 radical (unpaired) electrons. The van der Waals surface area contributed by atoms with E-state index in [-0.39, 0.29) is 23.6 Å². The Balaban J connectivity index is 1.25. The average molecular weight is 533 g/mol. The Morgan fingerprint density at radius 2 is 1.87 bits per heavy atom. The standard InChI is InChI=1S/C32H33FO6/c1-18-10-22(38-17-32(3)15-36-16-32)11-19(2)30(18)24-6-8-26(33)31-25(24)7-9-27(31)39-21-4-5-23-20(12-29(34)35)14-37-28(23)13-21/h4-6,8,10-11,13,20,27H,7,9,12,14-17H2,1-3H3,(H,34,35)/t20?,27-/m1/s1. The van der Waals surface area contributed by atoms with Crippen LogP contribution in [0.2, 0.25) is 0 Å². The lowest BCUT2D eigenvalue weighted by atomic mass is 9.89. The van der Waals surface area contributed by atoms with Gasteiger partial charge in [-0.2, -0.15) is 0 Å². The van der Waals surface area contributed by atoms with Crippen LogP contribution in [-0.2, 0) is 16.0 Å². The molecule has 3 aromatic carbocycles. The van der Waals surface area contributed by atoms with Gasteiger partial charge in [-0.25, -0.2) is 4.39 Å². The van der Waals surface area contributed by atoms with Gasteiger partial charge in [0.2, 0.25) is 0 Å². The van der Waals surface area contributed by atoms with Crippen LogP contribution in [0.25, 0.3) is 11.1 Å². The number of aryl methyl sites for hydroxylation is 2.